The smallest absolute Gasteiger partial charge is 0.212 e. The van der Waals surface area contributed by atoms with E-state index in [9.17, 15) is 5.11 Å². The van der Waals surface area contributed by atoms with E-state index in [4.69, 9.17) is 17.3 Å². The molecule has 1 aliphatic rings. The number of phenols is 1. The molecule has 1 atom stereocenters. The first-order valence-electron chi connectivity index (χ1n) is 6.69. The standard InChI is InChI=1S/C15H12ClN5O/c16-8-5-6-12(22)9(7-8)13-19-14(17)20-15-18-10-3-1-2-4-11(10)21(13)15/h1-7,13,22H,(H3,17,18,19,20)/t13-/m0/s1. The largest absolute Gasteiger partial charge is 0.508 e. The van der Waals surface area contributed by atoms with Crippen LogP contribution in [0.2, 0.25) is 5.02 Å². The summed E-state index contributed by atoms with van der Waals surface area (Å²) in [5.74, 6) is 0.932. The van der Waals surface area contributed by atoms with E-state index in [1.165, 1.54) is 0 Å². The van der Waals surface area contributed by atoms with Gasteiger partial charge in [0.25, 0.3) is 0 Å². The van der Waals surface area contributed by atoms with Gasteiger partial charge in [0.1, 0.15) is 5.75 Å². The summed E-state index contributed by atoms with van der Waals surface area (Å²) >= 11 is 6.06. The van der Waals surface area contributed by atoms with Crippen molar-refractivity contribution in [3.05, 3.63) is 53.1 Å². The molecule has 4 N–H and O–H groups in total. The number of anilines is 1. The molecule has 0 amide bonds. The van der Waals surface area contributed by atoms with Crippen molar-refractivity contribution in [3.63, 3.8) is 0 Å². The molecule has 1 aliphatic heterocycles. The normalized spacial score (nSPS) is 17.0. The molecule has 2 aromatic carbocycles. The van der Waals surface area contributed by atoms with Crippen LogP contribution in [0.1, 0.15) is 11.7 Å². The van der Waals surface area contributed by atoms with Crippen LogP contribution in [0, 0.1) is 0 Å². The topological polar surface area (TPSA) is 88.5 Å². The number of hydrogen-bond donors (Lipinski definition) is 3. The number of hydrogen-bond acceptors (Lipinski definition) is 5. The van der Waals surface area contributed by atoms with Gasteiger partial charge >= 0.3 is 0 Å². The van der Waals surface area contributed by atoms with Crippen molar-refractivity contribution in [2.24, 2.45) is 10.7 Å². The van der Waals surface area contributed by atoms with Gasteiger partial charge in [-0.05, 0) is 30.3 Å². The minimum absolute atomic E-state index is 0.108. The summed E-state index contributed by atoms with van der Waals surface area (Å²) in [6.45, 7) is 0. The number of benzene rings is 2. The van der Waals surface area contributed by atoms with Crippen molar-refractivity contribution in [1.29, 1.82) is 0 Å². The number of nitrogens with two attached hydrogens (primary N) is 1. The molecule has 0 radical (unpaired) electrons. The van der Waals surface area contributed by atoms with Gasteiger partial charge < -0.3 is 10.8 Å². The zero-order chi connectivity index (χ0) is 15.3. The lowest BCUT2D eigenvalue weighted by Crippen LogP contribution is -2.31. The van der Waals surface area contributed by atoms with Gasteiger partial charge in [0.15, 0.2) is 12.1 Å². The average Bonchev–Trinajstić information content (AvgIpc) is 2.87. The number of guanidine groups is 1. The second kappa shape index (κ2) is 4.64. The number of halogens is 1. The van der Waals surface area contributed by atoms with Crippen molar-refractivity contribution in [2.45, 2.75) is 6.17 Å². The first kappa shape index (κ1) is 13.0. The summed E-state index contributed by atoms with van der Waals surface area (Å²) in [4.78, 5) is 8.91. The number of aliphatic imine (C=N–C) groups is 1. The second-order valence-corrected chi connectivity index (χ2v) is 5.45. The molecule has 110 valence electrons. The molecule has 0 spiro atoms. The summed E-state index contributed by atoms with van der Waals surface area (Å²) in [5, 5.41) is 13.7. The van der Waals surface area contributed by atoms with Gasteiger partial charge in [-0.2, -0.15) is 0 Å². The van der Waals surface area contributed by atoms with E-state index in [0.717, 1.165) is 11.0 Å². The summed E-state index contributed by atoms with van der Waals surface area (Å²) in [7, 11) is 0. The van der Waals surface area contributed by atoms with Crippen molar-refractivity contribution in [1.82, 2.24) is 9.55 Å². The highest BCUT2D eigenvalue weighted by Gasteiger charge is 2.27. The van der Waals surface area contributed by atoms with E-state index in [1.807, 2.05) is 28.8 Å². The van der Waals surface area contributed by atoms with Crippen LogP contribution in [0.15, 0.2) is 47.5 Å². The van der Waals surface area contributed by atoms with Crippen LogP contribution in [0.4, 0.5) is 5.95 Å². The third-order valence-electron chi connectivity index (χ3n) is 3.61. The Labute approximate surface area is 130 Å². The minimum Gasteiger partial charge on any atom is -0.508 e. The van der Waals surface area contributed by atoms with E-state index in [2.05, 4.69) is 15.3 Å². The van der Waals surface area contributed by atoms with Crippen LogP contribution in [-0.2, 0) is 0 Å². The van der Waals surface area contributed by atoms with E-state index >= 15 is 0 Å². The summed E-state index contributed by atoms with van der Waals surface area (Å²) < 4.78 is 1.89. The quantitative estimate of drug-likeness (QED) is 0.644. The number of phenolic OH excluding ortho intramolecular Hbond substituents is 1. The highest BCUT2D eigenvalue weighted by molar-refractivity contribution is 6.30. The number of nitrogens with zero attached hydrogens (tertiary/aromatic N) is 3. The second-order valence-electron chi connectivity index (χ2n) is 5.01. The van der Waals surface area contributed by atoms with Gasteiger partial charge in [-0.3, -0.25) is 9.88 Å². The first-order chi connectivity index (χ1) is 10.6. The van der Waals surface area contributed by atoms with Crippen molar-refractivity contribution < 1.29 is 5.11 Å². The highest BCUT2D eigenvalue weighted by atomic mass is 35.5. The molecule has 0 saturated heterocycles. The Hall–Kier alpha value is -2.73. The Morgan fingerprint density at radius 1 is 1.23 bits per heavy atom. The SMILES string of the molecule is NC1=N[C@H](c2cc(Cl)ccc2O)n2c(nc3ccccc32)N1. The third-order valence-corrected chi connectivity index (χ3v) is 3.84. The predicted molar refractivity (Wildman–Crippen MR) is 86.2 cm³/mol. The molecule has 4 rings (SSSR count). The maximum atomic E-state index is 10.2. The van der Waals surface area contributed by atoms with Gasteiger partial charge in [0.05, 0.1) is 11.0 Å². The number of nitrogens with one attached hydrogen (secondary N) is 1. The monoisotopic (exact) mass is 313 g/mol. The highest BCUT2D eigenvalue weighted by Crippen LogP contribution is 2.36. The molecule has 22 heavy (non-hydrogen) atoms. The maximum Gasteiger partial charge on any atom is 0.212 e. The number of rotatable bonds is 1. The molecular formula is C15H12ClN5O. The van der Waals surface area contributed by atoms with Gasteiger partial charge in [-0.25, -0.2) is 9.98 Å². The fraction of sp³-hybridized carbons (Fsp3) is 0.0667. The van der Waals surface area contributed by atoms with Gasteiger partial charge in [-0.1, -0.05) is 23.7 Å². The lowest BCUT2D eigenvalue weighted by atomic mass is 10.1. The number of aromatic nitrogens is 2. The van der Waals surface area contributed by atoms with Crippen molar-refractivity contribution >= 4 is 34.5 Å². The molecule has 2 heterocycles. The van der Waals surface area contributed by atoms with Crippen LogP contribution < -0.4 is 11.1 Å². The average molecular weight is 314 g/mol. The van der Waals surface area contributed by atoms with Crippen LogP contribution in [0.5, 0.6) is 5.75 Å². The fourth-order valence-electron chi connectivity index (χ4n) is 2.66. The van der Waals surface area contributed by atoms with Gasteiger partial charge in [-0.15, -0.1) is 0 Å². The molecule has 0 aliphatic carbocycles. The fourth-order valence-corrected chi connectivity index (χ4v) is 2.84. The van der Waals surface area contributed by atoms with Crippen LogP contribution in [-0.4, -0.2) is 20.6 Å². The van der Waals surface area contributed by atoms with Crippen LogP contribution in [0.3, 0.4) is 0 Å². The molecule has 0 bridgehead atoms. The Morgan fingerprint density at radius 3 is 2.91 bits per heavy atom. The Morgan fingerprint density at radius 2 is 2.05 bits per heavy atom. The van der Waals surface area contributed by atoms with Crippen LogP contribution >= 0.6 is 11.6 Å². The first-order valence-corrected chi connectivity index (χ1v) is 7.07. The Balaban J connectivity index is 2.00. The lowest BCUT2D eigenvalue weighted by molar-refractivity contribution is 0.456. The van der Waals surface area contributed by atoms with E-state index in [-0.39, 0.29) is 11.7 Å². The zero-order valence-corrected chi connectivity index (χ0v) is 12.1. The third kappa shape index (κ3) is 1.88. The Kier molecular flexibility index (Phi) is 2.74. The predicted octanol–water partition coefficient (Wildman–Crippen LogP) is 2.68. The van der Waals surface area contributed by atoms with E-state index < -0.39 is 6.17 Å². The molecule has 0 fully saturated rings. The Bertz CT molecular complexity index is 917. The molecule has 6 nitrogen and oxygen atoms in total. The molecule has 0 saturated carbocycles. The summed E-state index contributed by atoms with van der Waals surface area (Å²) in [6.07, 6.45) is -0.526. The zero-order valence-electron chi connectivity index (χ0n) is 11.4. The van der Waals surface area contributed by atoms with Gasteiger partial charge in [0.2, 0.25) is 5.95 Å². The molecular weight excluding hydrogens is 302 g/mol. The molecule has 1 aromatic heterocycles. The molecule has 0 unspecified atom stereocenters. The summed E-state index contributed by atoms with van der Waals surface area (Å²) in [6, 6.07) is 12.5. The van der Waals surface area contributed by atoms with Crippen molar-refractivity contribution in [3.8, 4) is 5.75 Å². The number of imidazole rings is 1. The van der Waals surface area contributed by atoms with E-state index in [1.54, 1.807) is 18.2 Å². The minimum atomic E-state index is -0.526. The number of aromatic hydroxyl groups is 1. The summed E-state index contributed by atoms with van der Waals surface area (Å²) in [5.41, 5.74) is 8.14. The molecule has 7 heteroatoms. The van der Waals surface area contributed by atoms with Crippen molar-refractivity contribution in [2.75, 3.05) is 5.32 Å². The lowest BCUT2D eigenvalue weighted by Gasteiger charge is -2.24. The maximum absolute atomic E-state index is 10.2. The number of para-hydroxylation sites is 2. The van der Waals surface area contributed by atoms with E-state index in [0.29, 0.717) is 16.5 Å². The molecule has 3 aromatic rings. The van der Waals surface area contributed by atoms with Crippen LogP contribution in [0.25, 0.3) is 11.0 Å². The van der Waals surface area contributed by atoms with Gasteiger partial charge in [0, 0.05) is 10.6 Å². The number of fused-ring (bicyclic) bond motifs is 3.